The lowest BCUT2D eigenvalue weighted by Crippen LogP contribution is -2.03. The fraction of sp³-hybridized carbons (Fsp3) is 0. The van der Waals surface area contributed by atoms with E-state index in [0.29, 0.717) is 50.3 Å². The molecule has 0 radical (unpaired) electrons. The molecule has 0 aliphatic heterocycles. The Hall–Kier alpha value is -4.73. The van der Waals surface area contributed by atoms with Crippen LogP contribution in [0.4, 0.5) is 0 Å². The Morgan fingerprint density at radius 3 is 2.55 bits per heavy atom. The number of pyridine rings is 1. The number of hydrogen-bond donors (Lipinski definition) is 4. The van der Waals surface area contributed by atoms with Crippen molar-refractivity contribution in [3.8, 4) is 56.1 Å². The number of H-pyrrole nitrogens is 4. The molecule has 0 atom stereocenters. The van der Waals surface area contributed by atoms with Crippen molar-refractivity contribution in [1.29, 1.82) is 0 Å². The molecule has 15 nitrogen and oxygen atoms in total. The Balaban J connectivity index is 1.82. The van der Waals surface area contributed by atoms with Crippen LogP contribution in [0, 0.1) is 0 Å². The molecule has 0 bridgehead atoms. The van der Waals surface area contributed by atoms with Gasteiger partial charge < -0.3 is 0 Å². The maximum atomic E-state index is 4.88. The van der Waals surface area contributed by atoms with Gasteiger partial charge in [0, 0.05) is 11.8 Å². The zero-order valence-corrected chi connectivity index (χ0v) is 16.0. The molecule has 0 unspecified atom stereocenters. The number of tetrazole rings is 1. The molecule has 150 valence electrons. The first-order valence-electron chi connectivity index (χ1n) is 8.70. The first-order valence-corrected chi connectivity index (χ1v) is 9.58. The number of nitrogens with one attached hydrogen (secondary N) is 4. The zero-order chi connectivity index (χ0) is 20.6. The van der Waals surface area contributed by atoms with Crippen LogP contribution in [0.1, 0.15) is 0 Å². The third-order valence-electron chi connectivity index (χ3n) is 4.41. The summed E-state index contributed by atoms with van der Waals surface area (Å²) in [7, 11) is 0. The molecule has 0 aliphatic rings. The van der Waals surface area contributed by atoms with Crippen LogP contribution >= 0.6 is 11.3 Å². The molecule has 0 spiro atoms. The molecule has 6 aromatic heterocycles. The smallest absolute Gasteiger partial charge is 0.223 e. The van der Waals surface area contributed by atoms with Gasteiger partial charge in [0.05, 0.1) is 28.7 Å². The van der Waals surface area contributed by atoms with E-state index < -0.39 is 0 Å². The first-order chi connectivity index (χ1) is 15.4. The molecule has 0 saturated heterocycles. The Labute approximate surface area is 174 Å². The van der Waals surface area contributed by atoms with E-state index in [0.717, 1.165) is 0 Å². The van der Waals surface area contributed by atoms with E-state index in [1.54, 1.807) is 24.0 Å². The second-order valence-corrected chi connectivity index (χ2v) is 6.91. The van der Waals surface area contributed by atoms with Gasteiger partial charge in [0.15, 0.2) is 10.8 Å². The van der Waals surface area contributed by atoms with Gasteiger partial charge in [-0.05, 0) is 11.3 Å². The lowest BCUT2D eigenvalue weighted by molar-refractivity contribution is 0.881. The second-order valence-electron chi connectivity index (χ2n) is 6.07. The fourth-order valence-electron chi connectivity index (χ4n) is 3.22. The van der Waals surface area contributed by atoms with E-state index in [4.69, 9.17) is 4.98 Å². The van der Waals surface area contributed by atoms with Crippen molar-refractivity contribution in [2.45, 2.75) is 0 Å². The van der Waals surface area contributed by atoms with Crippen LogP contribution < -0.4 is 0 Å². The first kappa shape index (κ1) is 17.2. The number of rotatable bonds is 5. The highest BCUT2D eigenvalue weighted by Gasteiger charge is 2.30. The number of nitrogens with zero attached hydrogens (tertiary/aromatic N) is 11. The lowest BCUT2D eigenvalue weighted by atomic mass is 9.94. The third kappa shape index (κ3) is 2.77. The third-order valence-corrected chi connectivity index (χ3v) is 5.12. The lowest BCUT2D eigenvalue weighted by Gasteiger charge is -2.16. The summed E-state index contributed by atoms with van der Waals surface area (Å²) in [6.07, 6.45) is 4.63. The quantitative estimate of drug-likeness (QED) is 0.299. The van der Waals surface area contributed by atoms with Crippen molar-refractivity contribution in [3.63, 3.8) is 0 Å². The minimum absolute atomic E-state index is 0.265. The summed E-state index contributed by atoms with van der Waals surface area (Å²) < 4.78 is 0. The van der Waals surface area contributed by atoms with E-state index in [1.165, 1.54) is 17.7 Å². The van der Waals surface area contributed by atoms with E-state index in [1.807, 2.05) is 0 Å². The molecular weight excluding hydrogens is 422 g/mol. The molecule has 0 fully saturated rings. The van der Waals surface area contributed by atoms with Gasteiger partial charge in [-0.3, -0.25) is 10.2 Å². The van der Waals surface area contributed by atoms with Gasteiger partial charge in [0.25, 0.3) is 0 Å². The predicted molar refractivity (Wildman–Crippen MR) is 105 cm³/mol. The van der Waals surface area contributed by atoms with Crippen LogP contribution in [0.15, 0.2) is 30.3 Å². The normalized spacial score (nSPS) is 11.2. The van der Waals surface area contributed by atoms with E-state index >= 15 is 0 Å². The predicted octanol–water partition coefficient (Wildman–Crippen LogP) is 0.740. The summed E-state index contributed by atoms with van der Waals surface area (Å²) in [5, 5.41) is 48.2. The maximum Gasteiger partial charge on any atom is 0.223 e. The van der Waals surface area contributed by atoms with Gasteiger partial charge in [-0.2, -0.15) is 30.8 Å². The highest BCUT2D eigenvalue weighted by molar-refractivity contribution is 7.12. The highest BCUT2D eigenvalue weighted by atomic mass is 32.1. The van der Waals surface area contributed by atoms with Crippen LogP contribution in [0.5, 0.6) is 0 Å². The van der Waals surface area contributed by atoms with Crippen molar-refractivity contribution in [2.24, 2.45) is 0 Å². The van der Waals surface area contributed by atoms with Gasteiger partial charge in [-0.1, -0.05) is 11.3 Å². The molecule has 6 aromatic rings. The van der Waals surface area contributed by atoms with Crippen molar-refractivity contribution in [3.05, 3.63) is 30.3 Å². The molecule has 6 heterocycles. The SMILES string of the molecule is c1cc(-c2nc(-c3nn[nH]n3)c(-c3ncn[nH]3)c(-c3cn[nH]n3)c2-c2nncs2)[nH]n1. The van der Waals surface area contributed by atoms with Crippen LogP contribution in [0.25, 0.3) is 56.1 Å². The largest absolute Gasteiger partial charge is 0.276 e. The molecule has 16 heteroatoms. The van der Waals surface area contributed by atoms with Gasteiger partial charge >= 0.3 is 0 Å². The van der Waals surface area contributed by atoms with Crippen molar-refractivity contribution in [1.82, 2.24) is 76.6 Å². The molecular formula is C15H9N15S. The molecule has 0 amide bonds. The molecule has 0 aromatic carbocycles. The number of aromatic nitrogens is 15. The topological polar surface area (TPSA) is 205 Å². The maximum absolute atomic E-state index is 4.88. The summed E-state index contributed by atoms with van der Waals surface area (Å²) in [5.41, 5.74) is 5.65. The second kappa shape index (κ2) is 6.95. The summed E-state index contributed by atoms with van der Waals surface area (Å²) in [6.45, 7) is 0. The van der Waals surface area contributed by atoms with Crippen LogP contribution in [-0.2, 0) is 0 Å². The Morgan fingerprint density at radius 2 is 1.87 bits per heavy atom. The fourth-order valence-corrected chi connectivity index (χ4v) is 3.82. The Kier molecular flexibility index (Phi) is 3.85. The molecule has 0 aliphatic carbocycles. The summed E-state index contributed by atoms with van der Waals surface area (Å²) in [6, 6.07) is 1.80. The van der Waals surface area contributed by atoms with E-state index in [2.05, 4.69) is 71.6 Å². The van der Waals surface area contributed by atoms with E-state index in [9.17, 15) is 0 Å². The molecule has 0 saturated carbocycles. The van der Waals surface area contributed by atoms with Crippen molar-refractivity contribution in [2.75, 3.05) is 0 Å². The van der Waals surface area contributed by atoms with Gasteiger partial charge in [-0.25, -0.2) is 9.97 Å². The average molecular weight is 431 g/mol. The van der Waals surface area contributed by atoms with Crippen LogP contribution in [-0.4, -0.2) is 76.6 Å². The summed E-state index contributed by atoms with van der Waals surface area (Å²) in [5.74, 6) is 0.702. The van der Waals surface area contributed by atoms with Crippen molar-refractivity contribution >= 4 is 11.3 Å². The average Bonchev–Trinajstić information content (AvgIpc) is 3.65. The van der Waals surface area contributed by atoms with Crippen LogP contribution in [0.2, 0.25) is 0 Å². The van der Waals surface area contributed by atoms with Crippen LogP contribution in [0.3, 0.4) is 0 Å². The summed E-state index contributed by atoms with van der Waals surface area (Å²) >= 11 is 1.36. The standard InChI is InChI=1S/C15H9N15S/c1-2-17-22-6(1)11-10(15-27-20-5-31-15)8(7-3-18-28-23-7)9(13-16-4-19-24-13)12(21-11)14-25-29-30-26-14/h1-5H,(H,17,22)(H,16,19,24)(H,18,23,28)(H,25,26,29,30). The number of hydrogen-bond acceptors (Lipinski definition) is 12. The molecule has 31 heavy (non-hydrogen) atoms. The van der Waals surface area contributed by atoms with Crippen molar-refractivity contribution < 1.29 is 0 Å². The minimum atomic E-state index is 0.265. The molecule has 6 rings (SSSR count). The van der Waals surface area contributed by atoms with Gasteiger partial charge in [0.2, 0.25) is 5.82 Å². The minimum Gasteiger partial charge on any atom is -0.276 e. The highest BCUT2D eigenvalue weighted by Crippen LogP contribution is 2.46. The van der Waals surface area contributed by atoms with Gasteiger partial charge in [0.1, 0.15) is 23.2 Å². The van der Waals surface area contributed by atoms with E-state index in [-0.39, 0.29) is 5.82 Å². The zero-order valence-electron chi connectivity index (χ0n) is 15.2. The summed E-state index contributed by atoms with van der Waals surface area (Å²) in [4.78, 5) is 9.21. The van der Waals surface area contributed by atoms with Gasteiger partial charge in [-0.15, -0.1) is 20.4 Å². The monoisotopic (exact) mass is 431 g/mol. The Bertz CT molecular complexity index is 1310. The number of aromatic amines is 4. The molecule has 4 N–H and O–H groups in total. The Morgan fingerprint density at radius 1 is 0.871 bits per heavy atom.